The van der Waals surface area contributed by atoms with E-state index in [2.05, 4.69) is 48.1 Å². The summed E-state index contributed by atoms with van der Waals surface area (Å²) < 4.78 is 31.9. The van der Waals surface area contributed by atoms with Gasteiger partial charge in [0, 0.05) is 38.0 Å². The van der Waals surface area contributed by atoms with Gasteiger partial charge in [-0.25, -0.2) is 8.42 Å². The second kappa shape index (κ2) is 13.1. The zero-order valence-corrected chi connectivity index (χ0v) is 34.5. The van der Waals surface area contributed by atoms with Gasteiger partial charge in [-0.05, 0) is 136 Å². The lowest BCUT2D eigenvalue weighted by molar-refractivity contribution is -0.250. The fourth-order valence-corrected chi connectivity index (χ4v) is 14.9. The number of amides is 1. The molecule has 1 aliphatic heterocycles. The number of sulfonamides is 1. The summed E-state index contributed by atoms with van der Waals surface area (Å²) in [6.45, 7) is 23.9. The standard InChI is InChI=1S/C42H68N2O7S/c1-27(2)28-13-18-42(25-33(45)43-21-23-44(24-22-43)52(10,49)50)20-19-40(8)29(35(28)42)11-12-31-39(7)16-15-32(51-34(46)26-37(3,4)36(47)48)38(5,6)30(39)14-17-41(31,40)9/h28-32,35H,1,11-26H2,2-10H3,(H,47,48)/t28-,29+,30-,31+,32-,35+,39-,40+,41+,42+/m0/s1. The largest absolute Gasteiger partial charge is 0.481 e. The van der Waals surface area contributed by atoms with Crippen LogP contribution in [0.3, 0.4) is 0 Å². The second-order valence-electron chi connectivity index (χ2n) is 20.5. The second-order valence-corrected chi connectivity index (χ2v) is 22.5. The minimum absolute atomic E-state index is 0.0394. The van der Waals surface area contributed by atoms with Crippen LogP contribution in [0.5, 0.6) is 0 Å². The van der Waals surface area contributed by atoms with E-state index in [0.29, 0.717) is 62.2 Å². The first-order valence-electron chi connectivity index (χ1n) is 20.2. The Kier molecular flexibility index (Phi) is 10.0. The molecule has 0 radical (unpaired) electrons. The molecule has 0 aromatic rings. The van der Waals surface area contributed by atoms with Gasteiger partial charge in [-0.15, -0.1) is 0 Å². The van der Waals surface area contributed by atoms with Crippen molar-refractivity contribution in [1.29, 1.82) is 0 Å². The van der Waals surface area contributed by atoms with Crippen molar-refractivity contribution >= 4 is 27.9 Å². The fourth-order valence-electron chi connectivity index (χ4n) is 14.1. The van der Waals surface area contributed by atoms with Gasteiger partial charge < -0.3 is 14.7 Å². The molecule has 0 aromatic carbocycles. The van der Waals surface area contributed by atoms with E-state index in [-0.39, 0.29) is 45.5 Å². The lowest BCUT2D eigenvalue weighted by Gasteiger charge is -2.73. The van der Waals surface area contributed by atoms with Crippen molar-refractivity contribution in [2.24, 2.45) is 62.1 Å². The first kappa shape index (κ1) is 39.7. The summed E-state index contributed by atoms with van der Waals surface area (Å²) in [5, 5.41) is 9.61. The highest BCUT2D eigenvalue weighted by Gasteiger charge is 2.71. The number of nitrogens with zero attached hydrogens (tertiary/aromatic N) is 2. The molecule has 10 heteroatoms. The van der Waals surface area contributed by atoms with Gasteiger partial charge in [0.1, 0.15) is 6.10 Å². The number of carbonyl (C=O) groups is 3. The maximum absolute atomic E-state index is 14.1. The third-order valence-corrected chi connectivity index (χ3v) is 18.5. The van der Waals surface area contributed by atoms with E-state index >= 15 is 0 Å². The van der Waals surface area contributed by atoms with Crippen LogP contribution in [0.4, 0.5) is 0 Å². The zero-order valence-electron chi connectivity index (χ0n) is 33.7. The summed E-state index contributed by atoms with van der Waals surface area (Å²) in [5.74, 6) is 1.11. The topological polar surface area (TPSA) is 121 Å². The lowest BCUT2D eigenvalue weighted by Crippen LogP contribution is -2.67. The minimum atomic E-state index is -3.26. The number of carboxylic acid groups (broad SMARTS) is 1. The van der Waals surface area contributed by atoms with E-state index in [9.17, 15) is 27.9 Å². The van der Waals surface area contributed by atoms with Crippen molar-refractivity contribution in [3.63, 3.8) is 0 Å². The molecule has 6 fully saturated rings. The van der Waals surface area contributed by atoms with Crippen LogP contribution in [0.25, 0.3) is 0 Å². The Balaban J connectivity index is 1.23. The van der Waals surface area contributed by atoms with Gasteiger partial charge in [0.25, 0.3) is 0 Å². The summed E-state index contributed by atoms with van der Waals surface area (Å²) in [5.41, 5.74) is 0.227. The summed E-state index contributed by atoms with van der Waals surface area (Å²) in [6.07, 6.45) is 12.2. The Morgan fingerprint density at radius 1 is 0.846 bits per heavy atom. The summed E-state index contributed by atoms with van der Waals surface area (Å²) >= 11 is 0. The minimum Gasteiger partial charge on any atom is -0.481 e. The number of carboxylic acids is 1. The van der Waals surface area contributed by atoms with E-state index in [1.165, 1.54) is 29.0 Å². The quantitative estimate of drug-likeness (QED) is 0.201. The Morgan fingerprint density at radius 2 is 1.50 bits per heavy atom. The van der Waals surface area contributed by atoms with Gasteiger partial charge in [0.2, 0.25) is 15.9 Å². The predicted octanol–water partition coefficient (Wildman–Crippen LogP) is 7.55. The highest BCUT2D eigenvalue weighted by molar-refractivity contribution is 7.88. The number of carbonyl (C=O) groups excluding carboxylic acids is 2. The normalized spacial score (nSPS) is 41.9. The van der Waals surface area contributed by atoms with E-state index in [1.807, 2.05) is 4.90 Å². The Hall–Kier alpha value is -1.94. The van der Waals surface area contributed by atoms with Crippen molar-refractivity contribution in [3.05, 3.63) is 12.2 Å². The number of piperazine rings is 1. The zero-order chi connectivity index (χ0) is 38.4. The molecule has 1 saturated heterocycles. The molecule has 1 N–H and O–H groups in total. The molecule has 1 heterocycles. The van der Waals surface area contributed by atoms with Crippen LogP contribution in [0, 0.1) is 62.1 Å². The molecular formula is C42H68N2O7S. The van der Waals surface area contributed by atoms with E-state index < -0.39 is 27.4 Å². The highest BCUT2D eigenvalue weighted by atomic mass is 32.2. The third kappa shape index (κ3) is 6.20. The molecule has 5 saturated carbocycles. The average Bonchev–Trinajstić information content (AvgIpc) is 3.42. The van der Waals surface area contributed by atoms with Crippen molar-refractivity contribution in [2.75, 3.05) is 32.4 Å². The molecule has 10 atom stereocenters. The van der Waals surface area contributed by atoms with E-state index in [4.69, 9.17) is 4.74 Å². The monoisotopic (exact) mass is 744 g/mol. The molecular weight excluding hydrogens is 677 g/mol. The van der Waals surface area contributed by atoms with Gasteiger partial charge in [0.15, 0.2) is 0 Å². The maximum Gasteiger partial charge on any atom is 0.309 e. The molecule has 6 rings (SSSR count). The molecule has 0 aromatic heterocycles. The number of fused-ring (bicyclic) bond motifs is 7. The molecule has 9 nitrogen and oxygen atoms in total. The SMILES string of the molecule is C=C(C)[C@@H]1CC[C@]2(CC(=O)N3CCN(S(C)(=O)=O)CC3)CC[C@]3(C)[C@H](CC[C@@H]4[C@@]5(C)CC[C@H](OC(=O)CC(C)(C)C(=O)O)C(C)(C)[C@@H]5CC[C@]43C)[C@@H]12. The van der Waals surface area contributed by atoms with Crippen LogP contribution in [0.15, 0.2) is 12.2 Å². The molecule has 0 spiro atoms. The van der Waals surface area contributed by atoms with Crippen LogP contribution in [0.1, 0.15) is 132 Å². The van der Waals surface area contributed by atoms with Crippen molar-refractivity contribution in [3.8, 4) is 0 Å². The van der Waals surface area contributed by atoms with Crippen molar-refractivity contribution in [2.45, 2.75) is 139 Å². The smallest absolute Gasteiger partial charge is 0.309 e. The summed E-state index contributed by atoms with van der Waals surface area (Å²) in [7, 11) is -3.26. The van der Waals surface area contributed by atoms with Gasteiger partial charge in [-0.1, -0.05) is 46.8 Å². The molecule has 0 unspecified atom stereocenters. The number of aliphatic carboxylic acids is 1. The molecule has 294 valence electrons. The molecule has 0 bridgehead atoms. The van der Waals surface area contributed by atoms with Crippen LogP contribution >= 0.6 is 0 Å². The lowest BCUT2D eigenvalue weighted by atomic mass is 9.32. The van der Waals surface area contributed by atoms with Crippen LogP contribution in [0.2, 0.25) is 0 Å². The van der Waals surface area contributed by atoms with Crippen molar-refractivity contribution < 1.29 is 32.6 Å². The maximum atomic E-state index is 14.1. The first-order valence-corrected chi connectivity index (χ1v) is 22.1. The van der Waals surface area contributed by atoms with Crippen LogP contribution in [-0.4, -0.2) is 79.1 Å². The average molecular weight is 745 g/mol. The summed E-state index contributed by atoms with van der Waals surface area (Å²) in [6, 6.07) is 0. The Bertz CT molecular complexity index is 1580. The Labute approximate surface area is 314 Å². The molecule has 52 heavy (non-hydrogen) atoms. The van der Waals surface area contributed by atoms with Crippen LogP contribution in [-0.2, 0) is 29.1 Å². The van der Waals surface area contributed by atoms with Gasteiger partial charge in [-0.2, -0.15) is 4.31 Å². The number of hydrogen-bond donors (Lipinski definition) is 1. The first-order chi connectivity index (χ1) is 23.9. The fraction of sp³-hybridized carbons (Fsp3) is 0.881. The van der Waals surface area contributed by atoms with Gasteiger partial charge in [-0.3, -0.25) is 14.4 Å². The summed E-state index contributed by atoms with van der Waals surface area (Å²) in [4.78, 5) is 40.9. The number of allylic oxidation sites excluding steroid dienone is 1. The number of hydrogen-bond acceptors (Lipinski definition) is 6. The van der Waals surface area contributed by atoms with Crippen molar-refractivity contribution in [1.82, 2.24) is 9.21 Å². The highest BCUT2D eigenvalue weighted by Crippen LogP contribution is 2.78. The van der Waals surface area contributed by atoms with Gasteiger partial charge >= 0.3 is 11.9 Å². The Morgan fingerprint density at radius 3 is 2.10 bits per heavy atom. The van der Waals surface area contributed by atoms with E-state index in [0.717, 1.165) is 51.4 Å². The van der Waals surface area contributed by atoms with Gasteiger partial charge in [0.05, 0.1) is 18.1 Å². The molecule has 5 aliphatic carbocycles. The number of ether oxygens (including phenoxy) is 1. The number of rotatable bonds is 8. The van der Waals surface area contributed by atoms with Crippen LogP contribution < -0.4 is 0 Å². The molecule has 6 aliphatic rings. The predicted molar refractivity (Wildman–Crippen MR) is 202 cm³/mol. The molecule has 1 amide bonds. The number of esters is 1. The van der Waals surface area contributed by atoms with E-state index in [1.54, 1.807) is 13.8 Å². The third-order valence-electron chi connectivity index (χ3n) is 17.2.